The maximum absolute atomic E-state index is 11.1. The van der Waals surface area contributed by atoms with Crippen LogP contribution in [0.1, 0.15) is 55.6 Å². The first-order valence-corrected chi connectivity index (χ1v) is 16.4. The maximum atomic E-state index is 11.1. The molecule has 4 N–H and O–H groups in total. The second-order valence-corrected chi connectivity index (χ2v) is 12.5. The molecule has 0 spiro atoms. The molecule has 0 fully saturated rings. The minimum Gasteiger partial charge on any atom is -0.508 e. The van der Waals surface area contributed by atoms with Crippen LogP contribution in [0.25, 0.3) is 0 Å². The van der Waals surface area contributed by atoms with Crippen LogP contribution in [0.2, 0.25) is 0 Å². The van der Waals surface area contributed by atoms with Crippen LogP contribution in [-0.4, -0.2) is 63.1 Å². The lowest BCUT2D eigenvalue weighted by atomic mass is 9.94. The van der Waals surface area contributed by atoms with E-state index >= 15 is 0 Å². The number of phenolic OH excluding ortho intramolecular Hbond substituents is 4. The predicted octanol–water partition coefficient (Wildman–Crippen LogP) is 6.83. The van der Waals surface area contributed by atoms with E-state index in [0.29, 0.717) is 69.6 Å². The van der Waals surface area contributed by atoms with Gasteiger partial charge in [-0.2, -0.15) is 0 Å². The molecule has 0 heterocycles. The average Bonchev–Trinajstić information content (AvgIpc) is 3.12. The number of methoxy groups -OCH3 is 6. The Kier molecular flexibility index (Phi) is 9.95. The summed E-state index contributed by atoms with van der Waals surface area (Å²) in [5.41, 5.74) is 6.57. The van der Waals surface area contributed by atoms with Gasteiger partial charge in [-0.3, -0.25) is 0 Å². The van der Waals surface area contributed by atoms with Crippen molar-refractivity contribution in [2.24, 2.45) is 0 Å². The normalized spacial score (nSPS) is 12.4. The Bertz CT molecular complexity index is 1950. The van der Waals surface area contributed by atoms with Crippen LogP contribution in [0.5, 0.6) is 57.5 Å². The van der Waals surface area contributed by atoms with Crippen LogP contribution in [0.3, 0.4) is 0 Å². The monoisotopic (exact) mass is 694 g/mol. The molecule has 0 radical (unpaired) electrons. The van der Waals surface area contributed by atoms with Gasteiger partial charge in [0.05, 0.1) is 42.7 Å². The number of aromatic hydroxyl groups is 4. The Labute approximate surface area is 297 Å². The molecule has 0 amide bonds. The Balaban J connectivity index is 1.56. The third kappa shape index (κ3) is 6.94. The molecule has 10 bridgehead atoms. The summed E-state index contributed by atoms with van der Waals surface area (Å²) in [6.45, 7) is 0. The summed E-state index contributed by atoms with van der Waals surface area (Å²) in [5.74, 6) is 3.46. The maximum Gasteiger partial charge on any atom is 0.122 e. The Morgan fingerprint density at radius 2 is 0.431 bits per heavy atom. The molecule has 0 saturated heterocycles. The van der Waals surface area contributed by atoms with E-state index in [9.17, 15) is 20.4 Å². The number of benzene rings is 5. The van der Waals surface area contributed by atoms with Crippen LogP contribution < -0.4 is 28.4 Å². The van der Waals surface area contributed by atoms with Gasteiger partial charge in [0.25, 0.3) is 0 Å². The highest BCUT2D eigenvalue weighted by Crippen LogP contribution is 2.41. The largest absolute Gasteiger partial charge is 0.508 e. The summed E-state index contributed by atoms with van der Waals surface area (Å²) in [5, 5.41) is 44.4. The number of rotatable bonds is 6. The van der Waals surface area contributed by atoms with Crippen molar-refractivity contribution in [2.75, 3.05) is 42.7 Å². The van der Waals surface area contributed by atoms with Gasteiger partial charge < -0.3 is 48.8 Å². The van der Waals surface area contributed by atoms with Gasteiger partial charge in [0.1, 0.15) is 57.5 Å². The van der Waals surface area contributed by atoms with E-state index in [1.54, 1.807) is 42.7 Å². The van der Waals surface area contributed by atoms with Gasteiger partial charge in [-0.25, -0.2) is 0 Å². The summed E-state index contributed by atoms with van der Waals surface area (Å²) in [6, 6.07) is 17.4. The first kappa shape index (κ1) is 34.9. The van der Waals surface area contributed by atoms with Crippen LogP contribution in [0.4, 0.5) is 0 Å². The molecule has 0 unspecified atom stereocenters. The van der Waals surface area contributed by atoms with Gasteiger partial charge in [0.2, 0.25) is 0 Å². The molecule has 0 aromatic heterocycles. The van der Waals surface area contributed by atoms with Crippen molar-refractivity contribution in [3.8, 4) is 57.5 Å². The molecule has 10 aliphatic rings. The molecule has 0 saturated carbocycles. The minimum atomic E-state index is -0.0692. The van der Waals surface area contributed by atoms with Crippen molar-refractivity contribution in [1.29, 1.82) is 0 Å². The quantitative estimate of drug-likeness (QED) is 0.137. The zero-order valence-corrected chi connectivity index (χ0v) is 29.5. The van der Waals surface area contributed by atoms with Crippen molar-refractivity contribution in [2.45, 2.75) is 32.1 Å². The fourth-order valence-electron chi connectivity index (χ4n) is 6.82. The minimum absolute atomic E-state index is 0.0415. The van der Waals surface area contributed by atoms with Crippen molar-refractivity contribution >= 4 is 0 Å². The standard InChI is InChI=1S/C41H42O10/c1-46-36-18-28-10-30-20-41(51-6)31(21-40(30)50-5)11-29-19-37(47-2)27(17-39(29)49-4)9-25-15-33(43)23(13-35(25)45)7-22-12-34(44)24(14-32(22)42)8-26(36)16-38(28)48-3/h12-21,42-45H,7-11H2,1-6H3. The molecule has 266 valence electrons. The van der Waals surface area contributed by atoms with Crippen molar-refractivity contribution in [3.05, 3.63) is 116 Å². The van der Waals surface area contributed by atoms with Crippen LogP contribution in [0, 0.1) is 0 Å². The highest BCUT2D eigenvalue weighted by atomic mass is 16.5. The lowest BCUT2D eigenvalue weighted by Gasteiger charge is -2.19. The summed E-state index contributed by atoms with van der Waals surface area (Å²) in [6.07, 6.45) is 1.40. The van der Waals surface area contributed by atoms with Gasteiger partial charge in [0, 0.05) is 87.7 Å². The molecule has 10 nitrogen and oxygen atoms in total. The predicted molar refractivity (Wildman–Crippen MR) is 192 cm³/mol. The van der Waals surface area contributed by atoms with E-state index in [-0.39, 0.29) is 42.3 Å². The molecule has 5 aromatic carbocycles. The molecule has 5 aromatic rings. The van der Waals surface area contributed by atoms with E-state index in [2.05, 4.69) is 0 Å². The van der Waals surface area contributed by atoms with E-state index in [0.717, 1.165) is 33.4 Å². The molecule has 10 heteroatoms. The second kappa shape index (κ2) is 14.5. The number of hydrogen-bond acceptors (Lipinski definition) is 10. The smallest absolute Gasteiger partial charge is 0.122 e. The Morgan fingerprint density at radius 1 is 0.275 bits per heavy atom. The molecule has 0 aliphatic heterocycles. The van der Waals surface area contributed by atoms with Crippen molar-refractivity contribution < 1.29 is 48.8 Å². The first-order chi connectivity index (χ1) is 24.6. The zero-order chi connectivity index (χ0) is 36.4. The van der Waals surface area contributed by atoms with Crippen LogP contribution in [0.15, 0.2) is 60.7 Å². The zero-order valence-electron chi connectivity index (χ0n) is 29.5. The SMILES string of the molecule is COc1cc2c(OC)cc1Cc1cc(O)c(cc1O)Cc1cc(O)c(cc1O)Cc1cc(OC)c(cc1OC)Cc1cc(OC)c(cc1OC)C2. The highest BCUT2D eigenvalue weighted by molar-refractivity contribution is 5.59. The lowest BCUT2D eigenvalue weighted by molar-refractivity contribution is 0.389. The van der Waals surface area contributed by atoms with Crippen LogP contribution in [-0.2, 0) is 32.1 Å². The molecule has 10 aliphatic carbocycles. The fourth-order valence-corrected chi connectivity index (χ4v) is 6.82. The summed E-state index contributed by atoms with van der Waals surface area (Å²) in [7, 11) is 9.59. The Hall–Kier alpha value is -5.90. The van der Waals surface area contributed by atoms with Crippen LogP contribution >= 0.6 is 0 Å². The Morgan fingerprint density at radius 3 is 0.608 bits per heavy atom. The molecule has 0 atom stereocenters. The third-order valence-corrected chi connectivity index (χ3v) is 9.51. The molecular weight excluding hydrogens is 652 g/mol. The van der Waals surface area contributed by atoms with Gasteiger partial charge in [0.15, 0.2) is 0 Å². The van der Waals surface area contributed by atoms with Gasteiger partial charge in [-0.15, -0.1) is 0 Å². The molecule has 51 heavy (non-hydrogen) atoms. The number of ether oxygens (including phenoxy) is 6. The second-order valence-electron chi connectivity index (χ2n) is 12.5. The van der Waals surface area contributed by atoms with Gasteiger partial charge in [-0.05, 0) is 60.7 Å². The van der Waals surface area contributed by atoms with Gasteiger partial charge in [-0.1, -0.05) is 0 Å². The molecular formula is C41H42O10. The lowest BCUT2D eigenvalue weighted by Crippen LogP contribution is -2.04. The van der Waals surface area contributed by atoms with E-state index in [4.69, 9.17) is 28.4 Å². The highest BCUT2D eigenvalue weighted by Gasteiger charge is 2.22. The fraction of sp³-hybridized carbons (Fsp3) is 0.268. The first-order valence-electron chi connectivity index (χ1n) is 16.4. The van der Waals surface area contributed by atoms with E-state index in [1.165, 1.54) is 24.3 Å². The summed E-state index contributed by atoms with van der Waals surface area (Å²) < 4.78 is 35.1. The summed E-state index contributed by atoms with van der Waals surface area (Å²) in [4.78, 5) is 0. The van der Waals surface area contributed by atoms with E-state index < -0.39 is 0 Å². The molecule has 15 rings (SSSR count). The summed E-state index contributed by atoms with van der Waals surface area (Å²) >= 11 is 0. The average molecular weight is 695 g/mol. The third-order valence-electron chi connectivity index (χ3n) is 9.51. The number of phenols is 4. The number of hydrogen-bond donors (Lipinski definition) is 4. The van der Waals surface area contributed by atoms with Crippen molar-refractivity contribution in [3.63, 3.8) is 0 Å². The van der Waals surface area contributed by atoms with Gasteiger partial charge >= 0.3 is 0 Å². The topological polar surface area (TPSA) is 136 Å². The van der Waals surface area contributed by atoms with Crippen molar-refractivity contribution in [1.82, 2.24) is 0 Å². The van der Waals surface area contributed by atoms with E-state index in [1.807, 2.05) is 36.4 Å².